The number of hydrogen-bond donors (Lipinski definition) is 2. The number of nitrogens with one attached hydrogen (secondary N) is 1. The van der Waals surface area contributed by atoms with Crippen molar-refractivity contribution in [2.45, 2.75) is 13.1 Å². The van der Waals surface area contributed by atoms with Crippen LogP contribution in [0.2, 0.25) is 0 Å². The number of hydrogen-bond acceptors (Lipinski definition) is 6. The highest BCUT2D eigenvalue weighted by molar-refractivity contribution is 5.62. The van der Waals surface area contributed by atoms with Crippen LogP contribution in [0.25, 0.3) is 11.3 Å². The van der Waals surface area contributed by atoms with Gasteiger partial charge in [0.15, 0.2) is 11.5 Å². The number of anilines is 1. The highest BCUT2D eigenvalue weighted by Crippen LogP contribution is 2.35. The van der Waals surface area contributed by atoms with Crippen LogP contribution in [-0.4, -0.2) is 33.3 Å². The first-order chi connectivity index (χ1) is 12.3. The largest absolute Gasteiger partial charge is 0.454 e. The first kappa shape index (κ1) is 15.5. The molecular formula is C18H18N4O3. The first-order valence-corrected chi connectivity index (χ1v) is 8.05. The maximum atomic E-state index is 9.30. The van der Waals surface area contributed by atoms with Gasteiger partial charge in [-0.2, -0.15) is 5.10 Å². The predicted octanol–water partition coefficient (Wildman–Crippen LogP) is 2.28. The number of nitrogens with zero attached hydrogens (tertiary/aromatic N) is 3. The molecule has 0 saturated heterocycles. The summed E-state index contributed by atoms with van der Waals surface area (Å²) in [6.45, 7) is 1.24. The summed E-state index contributed by atoms with van der Waals surface area (Å²) in [6, 6.07) is 11.6. The lowest BCUT2D eigenvalue weighted by atomic mass is 10.2. The molecule has 0 spiro atoms. The lowest BCUT2D eigenvalue weighted by Crippen LogP contribution is -2.10. The number of aliphatic hydroxyl groups excluding tert-OH is 1. The molecule has 0 bridgehead atoms. The minimum absolute atomic E-state index is 0.0144. The van der Waals surface area contributed by atoms with Crippen molar-refractivity contribution < 1.29 is 14.6 Å². The topological polar surface area (TPSA) is 81.4 Å². The Morgan fingerprint density at radius 1 is 1.20 bits per heavy atom. The first-order valence-electron chi connectivity index (χ1n) is 8.05. The van der Waals surface area contributed by atoms with Gasteiger partial charge in [0.1, 0.15) is 5.82 Å². The van der Waals surface area contributed by atoms with E-state index >= 15 is 0 Å². The minimum atomic E-state index is 0.0144. The summed E-state index contributed by atoms with van der Waals surface area (Å²) in [6.07, 6.45) is 3.50. The fourth-order valence-corrected chi connectivity index (χ4v) is 2.80. The molecule has 1 aromatic carbocycles. The van der Waals surface area contributed by atoms with Crippen molar-refractivity contribution in [3.63, 3.8) is 0 Å². The molecule has 0 saturated carbocycles. The van der Waals surface area contributed by atoms with E-state index in [0.717, 1.165) is 34.1 Å². The Labute approximate surface area is 144 Å². The highest BCUT2D eigenvalue weighted by Gasteiger charge is 2.17. The van der Waals surface area contributed by atoms with Crippen molar-refractivity contribution in [3.8, 4) is 22.8 Å². The number of fused-ring (bicyclic) bond motifs is 1. The van der Waals surface area contributed by atoms with Gasteiger partial charge < -0.3 is 19.9 Å². The van der Waals surface area contributed by atoms with Gasteiger partial charge in [0, 0.05) is 36.1 Å². The molecule has 1 aliphatic heterocycles. The third-order valence-electron chi connectivity index (χ3n) is 3.99. The van der Waals surface area contributed by atoms with Crippen molar-refractivity contribution in [2.75, 3.05) is 18.7 Å². The van der Waals surface area contributed by atoms with Crippen LogP contribution in [0.1, 0.15) is 5.56 Å². The third-order valence-corrected chi connectivity index (χ3v) is 3.99. The van der Waals surface area contributed by atoms with E-state index in [9.17, 15) is 5.11 Å². The smallest absolute Gasteiger partial charge is 0.231 e. The molecule has 2 aromatic heterocycles. The van der Waals surface area contributed by atoms with Crippen molar-refractivity contribution in [1.82, 2.24) is 14.8 Å². The maximum Gasteiger partial charge on any atom is 0.231 e. The summed E-state index contributed by atoms with van der Waals surface area (Å²) >= 11 is 0. The lowest BCUT2D eigenvalue weighted by Gasteiger charge is -2.10. The predicted molar refractivity (Wildman–Crippen MR) is 92.4 cm³/mol. The number of aromatic nitrogens is 3. The summed E-state index contributed by atoms with van der Waals surface area (Å²) in [7, 11) is 0. The molecule has 3 aromatic rings. The van der Waals surface area contributed by atoms with E-state index in [1.165, 1.54) is 0 Å². The summed E-state index contributed by atoms with van der Waals surface area (Å²) in [5, 5.41) is 17.2. The molecule has 1 aliphatic rings. The van der Waals surface area contributed by atoms with Crippen molar-refractivity contribution in [3.05, 3.63) is 54.4 Å². The molecule has 0 amide bonds. The van der Waals surface area contributed by atoms with Crippen molar-refractivity contribution in [1.29, 1.82) is 0 Å². The standard InChI is InChI=1S/C18H18N4O3/c23-8-7-22-17(9-15(21-22)13-4-2-6-19-10-13)20-11-14-3-1-5-16-18(14)25-12-24-16/h1-6,9-10,20,23H,7-8,11-12H2. The molecule has 128 valence electrons. The molecule has 0 aliphatic carbocycles. The van der Waals surface area contributed by atoms with Gasteiger partial charge in [-0.3, -0.25) is 4.98 Å². The van der Waals surface area contributed by atoms with Crippen LogP contribution in [0.4, 0.5) is 5.82 Å². The molecule has 7 nitrogen and oxygen atoms in total. The molecule has 0 unspecified atom stereocenters. The number of ether oxygens (including phenoxy) is 2. The second-order valence-electron chi connectivity index (χ2n) is 5.61. The van der Waals surface area contributed by atoms with Gasteiger partial charge in [0.2, 0.25) is 6.79 Å². The normalized spacial score (nSPS) is 12.4. The Morgan fingerprint density at radius 3 is 3.00 bits per heavy atom. The molecule has 0 fully saturated rings. The van der Waals surface area contributed by atoms with Crippen LogP contribution in [0.15, 0.2) is 48.8 Å². The summed E-state index contributed by atoms with van der Waals surface area (Å²) in [5.41, 5.74) is 2.75. The van der Waals surface area contributed by atoms with E-state index in [1.54, 1.807) is 17.1 Å². The molecule has 7 heteroatoms. The van der Waals surface area contributed by atoms with Gasteiger partial charge in [-0.25, -0.2) is 4.68 Å². The zero-order valence-electron chi connectivity index (χ0n) is 13.6. The molecule has 0 atom stereocenters. The van der Waals surface area contributed by atoms with Gasteiger partial charge in [-0.15, -0.1) is 0 Å². The number of para-hydroxylation sites is 1. The van der Waals surface area contributed by atoms with Crippen molar-refractivity contribution in [2.24, 2.45) is 0 Å². The Hall–Kier alpha value is -3.06. The van der Waals surface area contributed by atoms with E-state index in [0.29, 0.717) is 13.1 Å². The molecule has 4 rings (SSSR count). The Morgan fingerprint density at radius 2 is 2.16 bits per heavy atom. The molecule has 2 N–H and O–H groups in total. The van der Waals surface area contributed by atoms with Crippen LogP contribution in [-0.2, 0) is 13.1 Å². The SMILES string of the molecule is OCCn1nc(-c2cccnc2)cc1NCc1cccc2c1OCO2. The van der Waals surface area contributed by atoms with Gasteiger partial charge in [-0.1, -0.05) is 12.1 Å². The molecule has 0 radical (unpaired) electrons. The Balaban J connectivity index is 1.58. The third kappa shape index (κ3) is 3.14. The van der Waals surface area contributed by atoms with Gasteiger partial charge in [0.05, 0.1) is 18.8 Å². The van der Waals surface area contributed by atoms with Crippen LogP contribution < -0.4 is 14.8 Å². The fraction of sp³-hybridized carbons (Fsp3) is 0.222. The van der Waals surface area contributed by atoms with Gasteiger partial charge in [-0.05, 0) is 18.2 Å². The average molecular weight is 338 g/mol. The zero-order valence-corrected chi connectivity index (χ0v) is 13.6. The zero-order chi connectivity index (χ0) is 17.1. The Kier molecular flexibility index (Phi) is 4.22. The Bertz CT molecular complexity index is 864. The minimum Gasteiger partial charge on any atom is -0.454 e. The van der Waals surface area contributed by atoms with Crippen LogP contribution >= 0.6 is 0 Å². The number of aliphatic hydroxyl groups is 1. The summed E-state index contributed by atoms with van der Waals surface area (Å²) < 4.78 is 12.7. The van der Waals surface area contributed by atoms with E-state index in [-0.39, 0.29) is 13.4 Å². The molecular weight excluding hydrogens is 320 g/mol. The monoisotopic (exact) mass is 338 g/mol. The van der Waals surface area contributed by atoms with E-state index in [2.05, 4.69) is 15.4 Å². The second-order valence-corrected chi connectivity index (χ2v) is 5.61. The number of rotatable bonds is 6. The number of benzene rings is 1. The van der Waals surface area contributed by atoms with Gasteiger partial charge >= 0.3 is 0 Å². The maximum absolute atomic E-state index is 9.30. The quantitative estimate of drug-likeness (QED) is 0.718. The highest BCUT2D eigenvalue weighted by atomic mass is 16.7. The summed E-state index contributed by atoms with van der Waals surface area (Å²) in [4.78, 5) is 4.13. The number of pyridine rings is 1. The van der Waals surface area contributed by atoms with Crippen LogP contribution in [0, 0.1) is 0 Å². The lowest BCUT2D eigenvalue weighted by molar-refractivity contribution is 0.173. The van der Waals surface area contributed by atoms with Crippen LogP contribution in [0.5, 0.6) is 11.5 Å². The van der Waals surface area contributed by atoms with Gasteiger partial charge in [0.25, 0.3) is 0 Å². The second kappa shape index (κ2) is 6.82. The van der Waals surface area contributed by atoms with Crippen molar-refractivity contribution >= 4 is 5.82 Å². The molecule has 3 heterocycles. The van der Waals surface area contributed by atoms with Crippen LogP contribution in [0.3, 0.4) is 0 Å². The summed E-state index contributed by atoms with van der Waals surface area (Å²) in [5.74, 6) is 2.36. The van der Waals surface area contributed by atoms with E-state index in [1.807, 2.05) is 36.4 Å². The fourth-order valence-electron chi connectivity index (χ4n) is 2.80. The molecule has 25 heavy (non-hydrogen) atoms. The van der Waals surface area contributed by atoms with E-state index in [4.69, 9.17) is 9.47 Å². The van der Waals surface area contributed by atoms with E-state index < -0.39 is 0 Å². The average Bonchev–Trinajstić information content (AvgIpc) is 3.28.